The maximum atomic E-state index is 12.1. The number of hydrogen-bond acceptors (Lipinski definition) is 7. The van der Waals surface area contributed by atoms with E-state index in [1.807, 2.05) is 11.4 Å². The fourth-order valence-electron chi connectivity index (χ4n) is 1.94. The summed E-state index contributed by atoms with van der Waals surface area (Å²) in [5, 5.41) is 23.6. The second-order valence-corrected chi connectivity index (χ2v) is 5.36. The molecule has 0 spiro atoms. The number of thiazole rings is 1. The van der Waals surface area contributed by atoms with Gasteiger partial charge in [0.25, 0.3) is 0 Å². The second kappa shape index (κ2) is 6.76. The van der Waals surface area contributed by atoms with Crippen LogP contribution in [0.25, 0.3) is 10.7 Å². The molecular weight excluding hydrogens is 330 g/mol. The van der Waals surface area contributed by atoms with Crippen LogP contribution in [0, 0.1) is 11.3 Å². The van der Waals surface area contributed by atoms with Crippen LogP contribution in [0.3, 0.4) is 0 Å². The maximum Gasteiger partial charge on any atom is 0.323 e. The molecule has 24 heavy (non-hydrogen) atoms. The Balaban J connectivity index is 1.73. The topological polar surface area (TPSA) is 129 Å². The van der Waals surface area contributed by atoms with Crippen LogP contribution in [0.1, 0.15) is 5.56 Å². The fraction of sp³-hybridized carbons (Fsp3) is 0.0714. The van der Waals surface area contributed by atoms with Crippen molar-refractivity contribution >= 4 is 28.7 Å². The molecule has 0 fully saturated rings. The van der Waals surface area contributed by atoms with E-state index < -0.39 is 6.03 Å². The number of H-pyrrole nitrogens is 1. The van der Waals surface area contributed by atoms with Crippen LogP contribution in [-0.2, 0) is 0 Å². The third-order valence-corrected chi connectivity index (χ3v) is 3.75. The molecule has 3 rings (SSSR count). The molecule has 3 aromatic heterocycles. The van der Waals surface area contributed by atoms with Crippen molar-refractivity contribution < 1.29 is 9.53 Å². The molecule has 10 heteroatoms. The van der Waals surface area contributed by atoms with Gasteiger partial charge in [0, 0.05) is 11.6 Å². The third-order valence-electron chi connectivity index (χ3n) is 2.96. The number of anilines is 2. The van der Waals surface area contributed by atoms with Gasteiger partial charge in [-0.05, 0) is 6.07 Å². The number of hydrogen-bond donors (Lipinski definition) is 3. The van der Waals surface area contributed by atoms with Crippen LogP contribution in [0.2, 0.25) is 0 Å². The maximum absolute atomic E-state index is 12.1. The van der Waals surface area contributed by atoms with Crippen LogP contribution in [0.15, 0.2) is 30.0 Å². The Hall–Kier alpha value is -3.45. The summed E-state index contributed by atoms with van der Waals surface area (Å²) in [5.41, 5.74) is 1.70. The van der Waals surface area contributed by atoms with E-state index in [4.69, 9.17) is 10.00 Å². The van der Waals surface area contributed by atoms with E-state index >= 15 is 0 Å². The predicted octanol–water partition coefficient (Wildman–Crippen LogP) is 2.45. The molecule has 3 aromatic rings. The number of carbonyl (C=O) groups is 1. The molecule has 2 amide bonds. The van der Waals surface area contributed by atoms with E-state index in [1.54, 1.807) is 6.20 Å². The van der Waals surface area contributed by atoms with Crippen molar-refractivity contribution in [3.05, 3.63) is 35.6 Å². The number of methoxy groups -OCH3 is 1. The number of nitrogens with zero attached hydrogens (tertiary/aromatic N) is 4. The Morgan fingerprint density at radius 3 is 2.96 bits per heavy atom. The quantitative estimate of drug-likeness (QED) is 0.668. The van der Waals surface area contributed by atoms with Gasteiger partial charge >= 0.3 is 6.03 Å². The lowest BCUT2D eigenvalue weighted by Crippen LogP contribution is -2.19. The Morgan fingerprint density at radius 2 is 2.25 bits per heavy atom. The summed E-state index contributed by atoms with van der Waals surface area (Å²) in [4.78, 5) is 20.3. The van der Waals surface area contributed by atoms with Gasteiger partial charge in [-0.3, -0.25) is 5.10 Å². The van der Waals surface area contributed by atoms with Crippen molar-refractivity contribution in [3.63, 3.8) is 0 Å². The van der Waals surface area contributed by atoms with Crippen LogP contribution < -0.4 is 15.4 Å². The molecule has 0 atom stereocenters. The summed E-state index contributed by atoms with van der Waals surface area (Å²) >= 11 is 1.42. The first kappa shape index (κ1) is 15.4. The highest BCUT2D eigenvalue weighted by Gasteiger charge is 2.13. The zero-order valence-corrected chi connectivity index (χ0v) is 13.2. The van der Waals surface area contributed by atoms with Gasteiger partial charge in [0.1, 0.15) is 22.3 Å². The highest BCUT2D eigenvalue weighted by atomic mass is 32.1. The lowest BCUT2D eigenvalue weighted by atomic mass is 10.2. The minimum absolute atomic E-state index is 0.198. The number of nitrogens with one attached hydrogen (secondary N) is 3. The zero-order valence-electron chi connectivity index (χ0n) is 12.4. The van der Waals surface area contributed by atoms with E-state index in [-0.39, 0.29) is 11.4 Å². The highest BCUT2D eigenvalue weighted by molar-refractivity contribution is 7.13. The first-order chi connectivity index (χ1) is 11.7. The van der Waals surface area contributed by atoms with Gasteiger partial charge < -0.3 is 15.4 Å². The number of nitriles is 1. The Labute approximate surface area is 140 Å². The predicted molar refractivity (Wildman–Crippen MR) is 87.8 cm³/mol. The summed E-state index contributed by atoms with van der Waals surface area (Å²) in [7, 11) is 1.42. The minimum Gasteiger partial charge on any atom is -0.480 e. The Morgan fingerprint density at radius 1 is 1.38 bits per heavy atom. The van der Waals surface area contributed by atoms with Crippen LogP contribution in [0.4, 0.5) is 16.2 Å². The molecule has 3 heterocycles. The molecule has 0 aliphatic rings. The van der Waals surface area contributed by atoms with Crippen molar-refractivity contribution in [1.82, 2.24) is 20.2 Å². The number of ether oxygens (including phenoxy) is 1. The van der Waals surface area contributed by atoms with E-state index in [0.717, 1.165) is 0 Å². The molecule has 0 radical (unpaired) electrons. The van der Waals surface area contributed by atoms with Gasteiger partial charge in [-0.2, -0.15) is 10.4 Å². The summed E-state index contributed by atoms with van der Waals surface area (Å²) < 4.78 is 4.96. The van der Waals surface area contributed by atoms with Gasteiger partial charge in [-0.15, -0.1) is 11.3 Å². The van der Waals surface area contributed by atoms with E-state index in [9.17, 15) is 4.79 Å². The minimum atomic E-state index is -0.495. The Bertz CT molecular complexity index is 898. The van der Waals surface area contributed by atoms with Crippen molar-refractivity contribution in [2.75, 3.05) is 17.7 Å². The number of aromatic amines is 1. The van der Waals surface area contributed by atoms with Gasteiger partial charge in [0.05, 0.1) is 30.9 Å². The highest BCUT2D eigenvalue weighted by Crippen LogP contribution is 2.27. The number of carbonyl (C=O) groups excluding carboxylic acids is 1. The van der Waals surface area contributed by atoms with Crippen LogP contribution in [-0.4, -0.2) is 33.3 Å². The average molecular weight is 341 g/mol. The summed E-state index contributed by atoms with van der Waals surface area (Å²) in [6, 6.07) is 2.93. The number of rotatable bonds is 4. The van der Waals surface area contributed by atoms with Crippen LogP contribution >= 0.6 is 11.3 Å². The van der Waals surface area contributed by atoms with Crippen molar-refractivity contribution in [1.29, 1.82) is 5.26 Å². The fourth-order valence-corrected chi connectivity index (χ4v) is 2.58. The molecule has 0 aliphatic carbocycles. The van der Waals surface area contributed by atoms with E-state index in [1.165, 1.54) is 36.9 Å². The van der Waals surface area contributed by atoms with Crippen molar-refractivity contribution in [2.24, 2.45) is 0 Å². The first-order valence-corrected chi connectivity index (χ1v) is 7.54. The average Bonchev–Trinajstić information content (AvgIpc) is 3.25. The van der Waals surface area contributed by atoms with Gasteiger partial charge in [-0.25, -0.2) is 14.8 Å². The summed E-state index contributed by atoms with van der Waals surface area (Å²) in [5.74, 6) is 0.198. The number of pyridine rings is 1. The first-order valence-electron chi connectivity index (χ1n) is 6.66. The molecule has 0 saturated carbocycles. The van der Waals surface area contributed by atoms with Crippen molar-refractivity contribution in [3.8, 4) is 22.7 Å². The number of urea groups is 1. The molecule has 0 unspecified atom stereocenters. The van der Waals surface area contributed by atoms with Crippen molar-refractivity contribution in [2.45, 2.75) is 0 Å². The van der Waals surface area contributed by atoms with Gasteiger partial charge in [0.2, 0.25) is 5.88 Å². The zero-order chi connectivity index (χ0) is 16.9. The van der Waals surface area contributed by atoms with E-state index in [0.29, 0.717) is 22.1 Å². The van der Waals surface area contributed by atoms with Gasteiger partial charge in [0.15, 0.2) is 0 Å². The smallest absolute Gasteiger partial charge is 0.323 e. The summed E-state index contributed by atoms with van der Waals surface area (Å²) in [6.45, 7) is 0. The normalized spacial score (nSPS) is 10.0. The largest absolute Gasteiger partial charge is 0.480 e. The molecule has 120 valence electrons. The molecular formula is C14H11N7O2S. The lowest BCUT2D eigenvalue weighted by molar-refractivity contribution is 0.262. The van der Waals surface area contributed by atoms with Gasteiger partial charge in [-0.1, -0.05) is 0 Å². The standard InChI is InChI=1S/C14H11N7O2S/c1-23-12-8(5-15)4-9(6-17-12)19-14(22)20-10-7-18-21-11(10)13-16-2-3-24-13/h2-4,6-7H,1H3,(H,18,21)(H2,19,20,22). The van der Waals surface area contributed by atoms with Crippen LogP contribution in [0.5, 0.6) is 5.88 Å². The molecule has 9 nitrogen and oxygen atoms in total. The molecule has 0 aromatic carbocycles. The number of amides is 2. The molecule has 0 aliphatic heterocycles. The van der Waals surface area contributed by atoms with E-state index in [2.05, 4.69) is 30.8 Å². The number of aromatic nitrogens is 4. The summed E-state index contributed by atoms with van der Waals surface area (Å²) in [6.07, 6.45) is 4.55. The second-order valence-electron chi connectivity index (χ2n) is 4.47. The third kappa shape index (κ3) is 3.16. The lowest BCUT2D eigenvalue weighted by Gasteiger charge is -2.08. The Kier molecular flexibility index (Phi) is 4.35. The molecule has 0 saturated heterocycles. The molecule has 3 N–H and O–H groups in total. The molecule has 0 bridgehead atoms. The SMILES string of the molecule is COc1ncc(NC(=O)Nc2cn[nH]c2-c2nccs2)cc1C#N. The monoisotopic (exact) mass is 341 g/mol.